The number of ketones is 1. The molecule has 0 spiro atoms. The molecule has 0 saturated heterocycles. The average molecular weight is 220 g/mol. The molecule has 16 heavy (non-hydrogen) atoms. The first kappa shape index (κ1) is 10.1. The van der Waals surface area contributed by atoms with Crippen molar-refractivity contribution in [1.29, 1.82) is 0 Å². The summed E-state index contributed by atoms with van der Waals surface area (Å²) in [5.74, 6) is 0.957. The van der Waals surface area contributed by atoms with Gasteiger partial charge in [0.25, 0.3) is 0 Å². The molecule has 0 heterocycles. The standard InChI is InChI=1S/C13H16O3/c1-16-12(15)13-5-4-10(14)7-11(13)8-2-3-9(13)6-8/h7-9H,2-6H2,1H3/t8?,9?,13-/m0/s1. The maximum absolute atomic E-state index is 12.1. The first-order valence-electron chi connectivity index (χ1n) is 6.02. The number of ether oxygens (including phenoxy) is 1. The van der Waals surface area contributed by atoms with E-state index in [1.165, 1.54) is 7.11 Å². The summed E-state index contributed by atoms with van der Waals surface area (Å²) in [6, 6.07) is 0. The van der Waals surface area contributed by atoms with E-state index in [0.717, 1.165) is 24.8 Å². The van der Waals surface area contributed by atoms with Gasteiger partial charge in [0.1, 0.15) is 0 Å². The van der Waals surface area contributed by atoms with Crippen LogP contribution in [-0.4, -0.2) is 18.9 Å². The molecule has 2 saturated carbocycles. The maximum atomic E-state index is 12.1. The first-order chi connectivity index (χ1) is 7.68. The van der Waals surface area contributed by atoms with Gasteiger partial charge in [-0.1, -0.05) is 0 Å². The number of fused-ring (bicyclic) bond motifs is 5. The minimum absolute atomic E-state index is 0.113. The van der Waals surface area contributed by atoms with Gasteiger partial charge in [0, 0.05) is 6.42 Å². The molecule has 0 aromatic rings. The van der Waals surface area contributed by atoms with Crippen molar-refractivity contribution in [3.8, 4) is 0 Å². The Morgan fingerprint density at radius 3 is 3.06 bits per heavy atom. The Balaban J connectivity index is 2.10. The summed E-state index contributed by atoms with van der Waals surface area (Å²) in [4.78, 5) is 23.6. The zero-order chi connectivity index (χ0) is 11.3. The lowest BCUT2D eigenvalue weighted by Gasteiger charge is -2.39. The van der Waals surface area contributed by atoms with Gasteiger partial charge in [0.15, 0.2) is 5.78 Å². The van der Waals surface area contributed by atoms with E-state index in [9.17, 15) is 9.59 Å². The number of hydrogen-bond acceptors (Lipinski definition) is 3. The number of hydrogen-bond donors (Lipinski definition) is 0. The molecule has 86 valence electrons. The quantitative estimate of drug-likeness (QED) is 0.633. The van der Waals surface area contributed by atoms with Gasteiger partial charge in [-0.15, -0.1) is 0 Å². The van der Waals surface area contributed by atoms with Crippen LogP contribution in [0.15, 0.2) is 11.6 Å². The van der Waals surface area contributed by atoms with E-state index in [1.807, 2.05) is 0 Å². The highest BCUT2D eigenvalue weighted by molar-refractivity contribution is 5.96. The highest BCUT2D eigenvalue weighted by Crippen LogP contribution is 2.63. The zero-order valence-corrected chi connectivity index (χ0v) is 9.49. The smallest absolute Gasteiger partial charge is 0.316 e. The molecule has 0 amide bonds. The van der Waals surface area contributed by atoms with Gasteiger partial charge >= 0.3 is 5.97 Å². The number of carbonyl (C=O) groups excluding carboxylic acids is 2. The van der Waals surface area contributed by atoms with E-state index >= 15 is 0 Å². The summed E-state index contributed by atoms with van der Waals surface area (Å²) in [7, 11) is 1.46. The van der Waals surface area contributed by atoms with Crippen LogP contribution in [0.3, 0.4) is 0 Å². The van der Waals surface area contributed by atoms with Gasteiger partial charge in [0.2, 0.25) is 0 Å². The van der Waals surface area contributed by atoms with Crippen molar-refractivity contribution in [3.63, 3.8) is 0 Å². The topological polar surface area (TPSA) is 43.4 Å². The van der Waals surface area contributed by atoms with Crippen LogP contribution in [0.4, 0.5) is 0 Å². The molecule has 2 unspecified atom stereocenters. The number of esters is 1. The molecule has 3 nitrogen and oxygen atoms in total. The second-order valence-electron chi connectivity index (χ2n) is 5.24. The predicted molar refractivity (Wildman–Crippen MR) is 57.6 cm³/mol. The number of allylic oxidation sites excluding steroid dienone is 1. The van der Waals surface area contributed by atoms with Gasteiger partial charge in [-0.05, 0) is 49.2 Å². The molecule has 2 fully saturated rings. The summed E-state index contributed by atoms with van der Waals surface area (Å²) >= 11 is 0. The Kier molecular flexibility index (Phi) is 2.00. The van der Waals surface area contributed by atoms with Crippen molar-refractivity contribution >= 4 is 11.8 Å². The van der Waals surface area contributed by atoms with Crippen LogP contribution in [-0.2, 0) is 14.3 Å². The van der Waals surface area contributed by atoms with Crippen molar-refractivity contribution in [2.75, 3.05) is 7.11 Å². The summed E-state index contributed by atoms with van der Waals surface area (Å²) in [5, 5.41) is 0. The Morgan fingerprint density at radius 2 is 2.31 bits per heavy atom. The molecule has 0 aromatic heterocycles. The minimum atomic E-state index is -0.425. The highest BCUT2D eigenvalue weighted by atomic mass is 16.5. The largest absolute Gasteiger partial charge is 0.468 e. The second kappa shape index (κ2) is 3.19. The fourth-order valence-corrected chi connectivity index (χ4v) is 4.04. The molecule has 0 aromatic carbocycles. The Hall–Kier alpha value is -1.12. The third-order valence-corrected chi connectivity index (χ3v) is 4.72. The van der Waals surface area contributed by atoms with Crippen LogP contribution in [0.25, 0.3) is 0 Å². The highest BCUT2D eigenvalue weighted by Gasteiger charge is 2.60. The van der Waals surface area contributed by atoms with Crippen LogP contribution in [0.5, 0.6) is 0 Å². The molecule has 3 rings (SSSR count). The Morgan fingerprint density at radius 1 is 1.50 bits per heavy atom. The van der Waals surface area contributed by atoms with Crippen LogP contribution in [0.2, 0.25) is 0 Å². The predicted octanol–water partition coefficient (Wildman–Crippen LogP) is 1.86. The maximum Gasteiger partial charge on any atom is 0.316 e. The van der Waals surface area contributed by atoms with E-state index in [2.05, 4.69) is 0 Å². The van der Waals surface area contributed by atoms with E-state index in [0.29, 0.717) is 24.7 Å². The summed E-state index contributed by atoms with van der Waals surface area (Å²) in [6.07, 6.45) is 6.25. The normalized spacial score (nSPS) is 40.6. The van der Waals surface area contributed by atoms with Crippen molar-refractivity contribution in [2.45, 2.75) is 32.1 Å². The molecular weight excluding hydrogens is 204 g/mol. The Labute approximate surface area is 94.8 Å². The number of rotatable bonds is 1. The van der Waals surface area contributed by atoms with Crippen molar-refractivity contribution in [1.82, 2.24) is 0 Å². The molecular formula is C13H16O3. The van der Waals surface area contributed by atoms with Crippen molar-refractivity contribution < 1.29 is 14.3 Å². The number of carbonyl (C=O) groups is 2. The van der Waals surface area contributed by atoms with Crippen molar-refractivity contribution in [3.05, 3.63) is 11.6 Å². The van der Waals surface area contributed by atoms with Crippen LogP contribution in [0, 0.1) is 17.3 Å². The molecule has 3 atom stereocenters. The van der Waals surface area contributed by atoms with Crippen LogP contribution < -0.4 is 0 Å². The monoisotopic (exact) mass is 220 g/mol. The van der Waals surface area contributed by atoms with Crippen molar-refractivity contribution in [2.24, 2.45) is 17.3 Å². The van der Waals surface area contributed by atoms with Gasteiger partial charge in [0.05, 0.1) is 12.5 Å². The van der Waals surface area contributed by atoms with Gasteiger partial charge < -0.3 is 4.74 Å². The minimum Gasteiger partial charge on any atom is -0.468 e. The molecule has 3 heteroatoms. The lowest BCUT2D eigenvalue weighted by molar-refractivity contribution is -0.154. The van der Waals surface area contributed by atoms with Gasteiger partial charge in [-0.2, -0.15) is 0 Å². The third-order valence-electron chi connectivity index (χ3n) is 4.72. The van der Waals surface area contributed by atoms with E-state index < -0.39 is 5.41 Å². The second-order valence-corrected chi connectivity index (χ2v) is 5.24. The number of methoxy groups -OCH3 is 1. The van der Waals surface area contributed by atoms with E-state index in [1.54, 1.807) is 6.08 Å². The summed E-state index contributed by atoms with van der Waals surface area (Å²) in [5.41, 5.74) is 0.665. The van der Waals surface area contributed by atoms with E-state index in [4.69, 9.17) is 4.74 Å². The molecule has 2 bridgehead atoms. The SMILES string of the molecule is COC(=O)[C@]12CCC(=O)C=C1C1CCC2C1. The van der Waals surface area contributed by atoms with Crippen LogP contribution >= 0.6 is 0 Å². The molecule has 0 aliphatic heterocycles. The molecule has 0 N–H and O–H groups in total. The fourth-order valence-electron chi connectivity index (χ4n) is 4.04. The summed E-state index contributed by atoms with van der Waals surface area (Å²) in [6.45, 7) is 0. The average Bonchev–Trinajstić information content (AvgIpc) is 2.88. The first-order valence-corrected chi connectivity index (χ1v) is 6.02. The fraction of sp³-hybridized carbons (Fsp3) is 0.692. The van der Waals surface area contributed by atoms with Crippen LogP contribution in [0.1, 0.15) is 32.1 Å². The third kappa shape index (κ3) is 1.04. The van der Waals surface area contributed by atoms with Gasteiger partial charge in [-0.25, -0.2) is 0 Å². The molecule has 0 radical (unpaired) electrons. The molecule has 3 aliphatic carbocycles. The molecule has 3 aliphatic rings. The van der Waals surface area contributed by atoms with Gasteiger partial charge in [-0.3, -0.25) is 9.59 Å². The zero-order valence-electron chi connectivity index (χ0n) is 9.49. The lowest BCUT2D eigenvalue weighted by atomic mass is 9.64. The lowest BCUT2D eigenvalue weighted by Crippen LogP contribution is -2.42. The van der Waals surface area contributed by atoms with E-state index in [-0.39, 0.29) is 11.8 Å². The summed E-state index contributed by atoms with van der Waals surface area (Å²) < 4.78 is 4.99. The Bertz CT molecular complexity index is 396.